The van der Waals surface area contributed by atoms with Gasteiger partial charge in [-0.05, 0) is 63.9 Å². The first-order chi connectivity index (χ1) is 12.7. The van der Waals surface area contributed by atoms with Crippen molar-refractivity contribution in [1.82, 2.24) is 20.9 Å². The lowest BCUT2D eigenvalue weighted by atomic mass is 9.99. The molecule has 1 aromatic rings. The molecule has 8 heteroatoms. The Morgan fingerprint density at radius 3 is 2.74 bits per heavy atom. The normalized spacial score (nSPS) is 15.9. The Kier molecular flexibility index (Phi) is 12.2. The summed E-state index contributed by atoms with van der Waals surface area (Å²) in [4.78, 5) is 18.8. The van der Waals surface area contributed by atoms with Crippen LogP contribution in [0.25, 0.3) is 0 Å². The Morgan fingerprint density at radius 1 is 1.30 bits per heavy atom. The summed E-state index contributed by atoms with van der Waals surface area (Å²) in [6.07, 6.45) is 5.29. The molecule has 0 bridgehead atoms. The number of amides is 1. The Balaban J connectivity index is 0.00000364. The summed E-state index contributed by atoms with van der Waals surface area (Å²) in [5, 5.41) is 9.28. The zero-order chi connectivity index (χ0) is 18.6. The first kappa shape index (κ1) is 23.7. The van der Waals surface area contributed by atoms with E-state index in [0.29, 0.717) is 12.5 Å². The molecule has 1 fully saturated rings. The number of carbonyl (C=O) groups excluding carboxylic acids is 1. The highest BCUT2D eigenvalue weighted by atomic mass is 127. The summed E-state index contributed by atoms with van der Waals surface area (Å²) in [6.45, 7) is 10.0. The molecular weight excluding hydrogens is 457 g/mol. The zero-order valence-electron chi connectivity index (χ0n) is 16.5. The molecule has 0 atom stereocenters. The minimum atomic E-state index is -0.124. The molecule has 1 aromatic heterocycles. The molecule has 0 spiro atoms. The predicted molar refractivity (Wildman–Crippen MR) is 119 cm³/mol. The molecule has 1 saturated heterocycles. The number of hydrogen-bond acceptors (Lipinski definition) is 4. The Bertz CT molecular complexity index is 542. The van der Waals surface area contributed by atoms with E-state index in [2.05, 4.69) is 32.8 Å². The van der Waals surface area contributed by atoms with Crippen LogP contribution in [-0.2, 0) is 11.3 Å². The van der Waals surface area contributed by atoms with Gasteiger partial charge in [-0.1, -0.05) is 6.92 Å². The van der Waals surface area contributed by atoms with E-state index in [9.17, 15) is 4.79 Å². The standard InChI is InChI=1S/C19H33N5O2.HI/c1-3-20-19(21-9-5-10-24-11-7-16(2)8-12-24)23-15-18(25)22-14-17-6-4-13-26-17;/h4,6,13,16H,3,5,7-12,14-15H2,1-2H3,(H,22,25)(H2,20,21,23);1H. The smallest absolute Gasteiger partial charge is 0.242 e. The number of aliphatic imine (C=N–C) groups is 1. The maximum absolute atomic E-state index is 11.9. The third-order valence-electron chi connectivity index (χ3n) is 4.58. The number of carbonyl (C=O) groups is 1. The topological polar surface area (TPSA) is 81.9 Å². The van der Waals surface area contributed by atoms with Crippen LogP contribution in [0.1, 0.15) is 38.9 Å². The van der Waals surface area contributed by atoms with Crippen molar-refractivity contribution in [2.24, 2.45) is 10.9 Å². The second-order valence-electron chi connectivity index (χ2n) is 6.86. The fourth-order valence-electron chi connectivity index (χ4n) is 2.94. The third kappa shape index (κ3) is 9.99. The van der Waals surface area contributed by atoms with Crippen LogP contribution in [0, 0.1) is 5.92 Å². The van der Waals surface area contributed by atoms with E-state index in [1.807, 2.05) is 13.0 Å². The molecule has 154 valence electrons. The van der Waals surface area contributed by atoms with E-state index in [4.69, 9.17) is 4.42 Å². The highest BCUT2D eigenvalue weighted by molar-refractivity contribution is 14.0. The number of nitrogens with one attached hydrogen (secondary N) is 3. The van der Waals surface area contributed by atoms with E-state index in [0.717, 1.165) is 37.7 Å². The Hall–Kier alpha value is -1.29. The van der Waals surface area contributed by atoms with Crippen LogP contribution in [0.4, 0.5) is 0 Å². The van der Waals surface area contributed by atoms with Gasteiger partial charge in [0.25, 0.3) is 0 Å². The van der Waals surface area contributed by atoms with Crippen LogP contribution in [0.5, 0.6) is 0 Å². The van der Waals surface area contributed by atoms with Gasteiger partial charge < -0.3 is 25.3 Å². The van der Waals surface area contributed by atoms with Gasteiger partial charge in [-0.3, -0.25) is 4.79 Å². The summed E-state index contributed by atoms with van der Waals surface area (Å²) >= 11 is 0. The number of nitrogens with zero attached hydrogens (tertiary/aromatic N) is 2. The van der Waals surface area contributed by atoms with Gasteiger partial charge in [0.1, 0.15) is 12.3 Å². The lowest BCUT2D eigenvalue weighted by Crippen LogP contribution is -2.40. The molecule has 27 heavy (non-hydrogen) atoms. The predicted octanol–water partition coefficient (Wildman–Crippen LogP) is 2.19. The molecular formula is C19H34IN5O2. The second-order valence-corrected chi connectivity index (χ2v) is 6.86. The monoisotopic (exact) mass is 491 g/mol. The third-order valence-corrected chi connectivity index (χ3v) is 4.58. The minimum absolute atomic E-state index is 0. The number of rotatable bonds is 9. The van der Waals surface area contributed by atoms with Crippen LogP contribution in [0.2, 0.25) is 0 Å². The van der Waals surface area contributed by atoms with E-state index >= 15 is 0 Å². The molecule has 1 amide bonds. The molecule has 0 unspecified atom stereocenters. The number of halogens is 1. The molecule has 2 rings (SSSR count). The van der Waals surface area contributed by atoms with Gasteiger partial charge in [-0.2, -0.15) is 0 Å². The lowest BCUT2D eigenvalue weighted by Gasteiger charge is -2.30. The summed E-state index contributed by atoms with van der Waals surface area (Å²) in [5.74, 6) is 2.17. The molecule has 0 aromatic carbocycles. The van der Waals surface area contributed by atoms with Gasteiger partial charge >= 0.3 is 0 Å². The van der Waals surface area contributed by atoms with Crippen LogP contribution in [-0.4, -0.2) is 56.0 Å². The van der Waals surface area contributed by atoms with Crippen molar-refractivity contribution in [1.29, 1.82) is 0 Å². The van der Waals surface area contributed by atoms with Gasteiger partial charge in [0.2, 0.25) is 5.91 Å². The number of furan rings is 1. The maximum atomic E-state index is 11.9. The Morgan fingerprint density at radius 2 is 2.07 bits per heavy atom. The number of piperidine rings is 1. The molecule has 0 radical (unpaired) electrons. The molecule has 1 aliphatic rings. The summed E-state index contributed by atoms with van der Waals surface area (Å²) in [7, 11) is 0. The second kappa shape index (κ2) is 13.8. The van der Waals surface area contributed by atoms with Crippen molar-refractivity contribution in [3.8, 4) is 0 Å². The first-order valence-electron chi connectivity index (χ1n) is 9.71. The molecule has 3 N–H and O–H groups in total. The fraction of sp³-hybridized carbons (Fsp3) is 0.684. The van der Waals surface area contributed by atoms with E-state index in [1.54, 1.807) is 12.3 Å². The lowest BCUT2D eigenvalue weighted by molar-refractivity contribution is -0.119. The molecule has 0 aliphatic carbocycles. The highest BCUT2D eigenvalue weighted by Gasteiger charge is 2.14. The number of likely N-dealkylation sites (tertiary alicyclic amines) is 1. The molecule has 0 saturated carbocycles. The fourth-order valence-corrected chi connectivity index (χ4v) is 2.94. The van der Waals surface area contributed by atoms with E-state index in [-0.39, 0.29) is 36.4 Å². The van der Waals surface area contributed by atoms with Crippen LogP contribution >= 0.6 is 24.0 Å². The first-order valence-corrected chi connectivity index (χ1v) is 9.71. The van der Waals surface area contributed by atoms with Crippen molar-refractivity contribution in [3.63, 3.8) is 0 Å². The van der Waals surface area contributed by atoms with E-state index in [1.165, 1.54) is 25.9 Å². The summed E-state index contributed by atoms with van der Waals surface area (Å²) in [6, 6.07) is 3.63. The summed E-state index contributed by atoms with van der Waals surface area (Å²) in [5.41, 5.74) is 0. The minimum Gasteiger partial charge on any atom is -0.467 e. The summed E-state index contributed by atoms with van der Waals surface area (Å²) < 4.78 is 5.19. The van der Waals surface area contributed by atoms with Crippen LogP contribution in [0.15, 0.2) is 27.8 Å². The molecule has 1 aliphatic heterocycles. The SMILES string of the molecule is CCNC(=NCC(=O)NCc1ccco1)NCCCN1CCC(C)CC1.I. The Labute approximate surface area is 179 Å². The average Bonchev–Trinajstić information content (AvgIpc) is 3.16. The molecule has 2 heterocycles. The average molecular weight is 491 g/mol. The largest absolute Gasteiger partial charge is 0.467 e. The van der Waals surface area contributed by atoms with Crippen LogP contribution in [0.3, 0.4) is 0 Å². The van der Waals surface area contributed by atoms with Gasteiger partial charge in [0.15, 0.2) is 5.96 Å². The van der Waals surface area contributed by atoms with Crippen molar-refractivity contribution < 1.29 is 9.21 Å². The van der Waals surface area contributed by atoms with Crippen molar-refractivity contribution in [2.75, 3.05) is 39.3 Å². The van der Waals surface area contributed by atoms with Gasteiger partial charge in [0, 0.05) is 13.1 Å². The quantitative estimate of drug-likeness (QED) is 0.214. The van der Waals surface area contributed by atoms with Gasteiger partial charge in [-0.15, -0.1) is 24.0 Å². The number of hydrogen-bond donors (Lipinski definition) is 3. The van der Waals surface area contributed by atoms with Crippen molar-refractivity contribution in [2.45, 2.75) is 39.7 Å². The van der Waals surface area contributed by atoms with E-state index < -0.39 is 0 Å². The van der Waals surface area contributed by atoms with Gasteiger partial charge in [-0.25, -0.2) is 4.99 Å². The maximum Gasteiger partial charge on any atom is 0.242 e. The molecule has 7 nitrogen and oxygen atoms in total. The zero-order valence-corrected chi connectivity index (χ0v) is 18.8. The van der Waals surface area contributed by atoms with Crippen LogP contribution < -0.4 is 16.0 Å². The van der Waals surface area contributed by atoms with Gasteiger partial charge in [0.05, 0.1) is 12.8 Å². The highest BCUT2D eigenvalue weighted by Crippen LogP contribution is 2.15. The van der Waals surface area contributed by atoms with Crippen molar-refractivity contribution in [3.05, 3.63) is 24.2 Å². The van der Waals surface area contributed by atoms with Crippen molar-refractivity contribution >= 4 is 35.8 Å². The number of guanidine groups is 1.